The average molecular weight is 536 g/mol. The number of esters is 1. The number of aromatic hydroxyl groups is 2. The highest BCUT2D eigenvalue weighted by molar-refractivity contribution is 5.90. The first kappa shape index (κ1) is 29.8. The SMILES string of the molecule is COC(=O)[C@H](Cc1ccc(O)c(O)c1)NC(=O)[C@H](Cc1ccc(F)c([N+](=O)[O-])c1)N(C)C(=O)OC(C)(C)C. The minimum atomic E-state index is -1.34. The summed E-state index contributed by atoms with van der Waals surface area (Å²) in [6.45, 7) is 4.87. The van der Waals surface area contributed by atoms with Crippen molar-refractivity contribution in [2.45, 2.75) is 51.3 Å². The van der Waals surface area contributed by atoms with Crippen molar-refractivity contribution in [3.05, 3.63) is 63.5 Å². The molecule has 2 amide bonds. The third-order valence-corrected chi connectivity index (χ3v) is 5.37. The number of methoxy groups -OCH3 is 1. The van der Waals surface area contributed by atoms with E-state index < -0.39 is 57.8 Å². The molecule has 0 aliphatic heterocycles. The molecule has 12 nitrogen and oxygen atoms in total. The van der Waals surface area contributed by atoms with Crippen LogP contribution in [0.1, 0.15) is 31.9 Å². The summed E-state index contributed by atoms with van der Waals surface area (Å²) in [6.07, 6.45) is -1.30. The van der Waals surface area contributed by atoms with Gasteiger partial charge in [0.05, 0.1) is 12.0 Å². The number of nitro groups is 1. The number of nitrogens with zero attached hydrogens (tertiary/aromatic N) is 2. The maximum atomic E-state index is 13.9. The van der Waals surface area contributed by atoms with Crippen LogP contribution in [0.5, 0.6) is 11.5 Å². The number of phenols is 2. The molecule has 0 heterocycles. The van der Waals surface area contributed by atoms with Crippen LogP contribution in [0.15, 0.2) is 36.4 Å². The van der Waals surface area contributed by atoms with E-state index in [0.717, 1.165) is 24.1 Å². The van der Waals surface area contributed by atoms with Gasteiger partial charge in [-0.2, -0.15) is 4.39 Å². The number of phenolic OH excluding ortho intramolecular Hbond substituents is 2. The van der Waals surface area contributed by atoms with Crippen LogP contribution in [0.4, 0.5) is 14.9 Å². The Morgan fingerprint density at radius 3 is 2.24 bits per heavy atom. The monoisotopic (exact) mass is 535 g/mol. The lowest BCUT2D eigenvalue weighted by Gasteiger charge is -2.31. The first-order chi connectivity index (χ1) is 17.6. The number of hydrogen-bond donors (Lipinski definition) is 3. The van der Waals surface area contributed by atoms with Crippen LogP contribution >= 0.6 is 0 Å². The van der Waals surface area contributed by atoms with E-state index in [1.165, 1.54) is 31.3 Å². The van der Waals surface area contributed by atoms with Gasteiger partial charge in [0.2, 0.25) is 11.7 Å². The molecule has 0 aliphatic rings. The van der Waals surface area contributed by atoms with E-state index in [9.17, 15) is 39.1 Å². The van der Waals surface area contributed by atoms with Crippen molar-refractivity contribution >= 4 is 23.7 Å². The molecular formula is C25H30FN3O9. The second-order valence-corrected chi connectivity index (χ2v) is 9.47. The van der Waals surface area contributed by atoms with Crippen LogP contribution < -0.4 is 5.32 Å². The van der Waals surface area contributed by atoms with Gasteiger partial charge < -0.3 is 25.0 Å². The summed E-state index contributed by atoms with van der Waals surface area (Å²) >= 11 is 0. The molecular weight excluding hydrogens is 505 g/mol. The van der Waals surface area contributed by atoms with E-state index in [2.05, 4.69) is 5.32 Å². The largest absolute Gasteiger partial charge is 0.504 e. The van der Waals surface area contributed by atoms with Crippen LogP contribution in [0.2, 0.25) is 0 Å². The van der Waals surface area contributed by atoms with Gasteiger partial charge in [-0.05, 0) is 50.1 Å². The molecule has 2 aromatic rings. The van der Waals surface area contributed by atoms with Crippen LogP contribution in [0, 0.1) is 15.9 Å². The molecule has 0 aromatic heterocycles. The average Bonchev–Trinajstić information content (AvgIpc) is 2.83. The highest BCUT2D eigenvalue weighted by atomic mass is 19.1. The number of ether oxygens (including phenoxy) is 2. The highest BCUT2D eigenvalue weighted by Crippen LogP contribution is 2.26. The second kappa shape index (κ2) is 12.2. The lowest BCUT2D eigenvalue weighted by atomic mass is 10.0. The Hall–Kier alpha value is -4.42. The van der Waals surface area contributed by atoms with Gasteiger partial charge in [0.25, 0.3) is 0 Å². The third-order valence-electron chi connectivity index (χ3n) is 5.37. The summed E-state index contributed by atoms with van der Waals surface area (Å²) in [7, 11) is 2.39. The molecule has 0 spiro atoms. The van der Waals surface area contributed by atoms with Gasteiger partial charge in [0.15, 0.2) is 11.5 Å². The van der Waals surface area contributed by atoms with Crippen molar-refractivity contribution in [3.63, 3.8) is 0 Å². The zero-order valence-corrected chi connectivity index (χ0v) is 21.6. The fraction of sp³-hybridized carbons (Fsp3) is 0.400. The summed E-state index contributed by atoms with van der Waals surface area (Å²) in [5, 5.41) is 33.0. The molecule has 0 unspecified atom stereocenters. The van der Waals surface area contributed by atoms with E-state index in [4.69, 9.17) is 9.47 Å². The molecule has 13 heteroatoms. The molecule has 2 aromatic carbocycles. The van der Waals surface area contributed by atoms with E-state index in [1.807, 2.05) is 0 Å². The lowest BCUT2D eigenvalue weighted by molar-refractivity contribution is -0.387. The maximum Gasteiger partial charge on any atom is 0.410 e. The van der Waals surface area contributed by atoms with Crippen molar-refractivity contribution in [2.75, 3.05) is 14.2 Å². The molecule has 38 heavy (non-hydrogen) atoms. The molecule has 0 fully saturated rings. The van der Waals surface area contributed by atoms with Gasteiger partial charge in [0.1, 0.15) is 17.7 Å². The molecule has 0 aliphatic carbocycles. The van der Waals surface area contributed by atoms with Crippen LogP contribution in [0.3, 0.4) is 0 Å². The van der Waals surface area contributed by atoms with E-state index in [-0.39, 0.29) is 24.2 Å². The molecule has 0 saturated carbocycles. The molecule has 2 atom stereocenters. The number of amides is 2. The second-order valence-electron chi connectivity index (χ2n) is 9.47. The molecule has 3 N–H and O–H groups in total. The Balaban J connectivity index is 2.40. The Morgan fingerprint density at radius 1 is 1.08 bits per heavy atom. The topological polar surface area (TPSA) is 169 Å². The predicted molar refractivity (Wildman–Crippen MR) is 132 cm³/mol. The zero-order chi connectivity index (χ0) is 28.8. The van der Waals surface area contributed by atoms with Gasteiger partial charge in [0, 0.05) is 26.0 Å². The van der Waals surface area contributed by atoms with Gasteiger partial charge in [-0.25, -0.2) is 9.59 Å². The van der Waals surface area contributed by atoms with Gasteiger partial charge in [-0.3, -0.25) is 19.8 Å². The van der Waals surface area contributed by atoms with Crippen molar-refractivity contribution in [1.82, 2.24) is 10.2 Å². The number of nitro benzene ring substituents is 1. The molecule has 0 bridgehead atoms. The number of benzene rings is 2. The minimum Gasteiger partial charge on any atom is -0.504 e. The summed E-state index contributed by atoms with van der Waals surface area (Å²) in [6, 6.07) is 4.31. The van der Waals surface area contributed by atoms with Gasteiger partial charge >= 0.3 is 17.7 Å². The smallest absolute Gasteiger partial charge is 0.410 e. The first-order valence-corrected chi connectivity index (χ1v) is 11.4. The fourth-order valence-electron chi connectivity index (χ4n) is 3.45. The molecule has 0 saturated heterocycles. The van der Waals surface area contributed by atoms with E-state index >= 15 is 0 Å². The van der Waals surface area contributed by atoms with Crippen molar-refractivity contribution in [2.24, 2.45) is 0 Å². The Bertz CT molecular complexity index is 1210. The van der Waals surface area contributed by atoms with Gasteiger partial charge in [-0.1, -0.05) is 12.1 Å². The van der Waals surface area contributed by atoms with Crippen LogP contribution in [-0.2, 0) is 31.9 Å². The normalized spacial score (nSPS) is 12.7. The van der Waals surface area contributed by atoms with E-state index in [0.29, 0.717) is 5.56 Å². The van der Waals surface area contributed by atoms with Crippen LogP contribution in [-0.4, -0.2) is 69.8 Å². The number of halogens is 1. The zero-order valence-electron chi connectivity index (χ0n) is 21.6. The molecule has 0 radical (unpaired) electrons. The quantitative estimate of drug-likeness (QED) is 0.189. The number of rotatable bonds is 9. The maximum absolute atomic E-state index is 13.9. The summed E-state index contributed by atoms with van der Waals surface area (Å²) < 4.78 is 24.0. The number of nitrogens with one attached hydrogen (secondary N) is 1. The number of carbonyl (C=O) groups is 3. The standard InChI is InChI=1S/C25H30FN3O9/c1-25(2,3)38-24(34)28(4)19(12-15-6-8-16(26)18(11-15)29(35)36)22(32)27-17(23(33)37-5)10-14-7-9-20(30)21(31)13-14/h6-9,11,13,17,19,30-31H,10,12H2,1-5H3,(H,27,32)/t17-,19-/m0/s1. The van der Waals surface area contributed by atoms with Crippen molar-refractivity contribution in [1.29, 1.82) is 0 Å². The summed E-state index contributed by atoms with van der Waals surface area (Å²) in [5.74, 6) is -3.54. The van der Waals surface area contributed by atoms with Crippen molar-refractivity contribution in [3.8, 4) is 11.5 Å². The Labute approximate surface area is 218 Å². The lowest BCUT2D eigenvalue weighted by Crippen LogP contribution is -2.54. The summed E-state index contributed by atoms with van der Waals surface area (Å²) in [5.41, 5.74) is -1.16. The first-order valence-electron chi connectivity index (χ1n) is 11.4. The van der Waals surface area contributed by atoms with Gasteiger partial charge in [-0.15, -0.1) is 0 Å². The Kier molecular flexibility index (Phi) is 9.58. The number of likely N-dealkylation sites (N-methyl/N-ethyl adjacent to an activating group) is 1. The number of hydrogen-bond acceptors (Lipinski definition) is 9. The fourth-order valence-corrected chi connectivity index (χ4v) is 3.45. The molecule has 206 valence electrons. The van der Waals surface area contributed by atoms with E-state index in [1.54, 1.807) is 20.8 Å². The molecule has 2 rings (SSSR count). The highest BCUT2D eigenvalue weighted by Gasteiger charge is 2.34. The predicted octanol–water partition coefficient (Wildman–Crippen LogP) is 2.82. The van der Waals surface area contributed by atoms with Crippen molar-refractivity contribution < 1.29 is 43.4 Å². The number of carbonyl (C=O) groups excluding carboxylic acids is 3. The third kappa shape index (κ3) is 8.05. The summed E-state index contributed by atoms with van der Waals surface area (Å²) in [4.78, 5) is 49.9. The van der Waals surface area contributed by atoms with Crippen LogP contribution in [0.25, 0.3) is 0 Å². The Morgan fingerprint density at radius 2 is 1.68 bits per heavy atom. The minimum absolute atomic E-state index is 0.142.